The lowest BCUT2D eigenvalue weighted by Crippen LogP contribution is -2.45. The number of carbonyl (C=O) groups is 2. The highest BCUT2D eigenvalue weighted by Gasteiger charge is 2.25. The van der Waals surface area contributed by atoms with Crippen LogP contribution in [0.3, 0.4) is 0 Å². The summed E-state index contributed by atoms with van der Waals surface area (Å²) >= 11 is 0. The standard InChI is InChI=1S/C22H24N4O6/c1-22(2,3)32-21(28)25-18(20(27)31-4)11-13-5-7-14(8-6-13)19-23-16-10-9-15(26(29)30)12-17(16)24-19/h5-10,12,18H,11H2,1-4H3,(H,23,24)(H,25,28)/t18-/m0/s1. The maximum absolute atomic E-state index is 12.1. The summed E-state index contributed by atoms with van der Waals surface area (Å²) in [6.07, 6.45) is -0.501. The van der Waals surface area contributed by atoms with Crippen molar-refractivity contribution in [3.8, 4) is 11.4 Å². The molecular formula is C22H24N4O6. The fourth-order valence-electron chi connectivity index (χ4n) is 3.07. The normalized spacial score (nSPS) is 12.2. The largest absolute Gasteiger partial charge is 0.467 e. The molecule has 3 aromatic rings. The molecule has 0 unspecified atom stereocenters. The molecule has 0 bridgehead atoms. The summed E-state index contributed by atoms with van der Waals surface area (Å²) < 4.78 is 10.0. The Morgan fingerprint density at radius 2 is 1.88 bits per heavy atom. The van der Waals surface area contributed by atoms with Crippen LogP contribution in [-0.4, -0.2) is 45.7 Å². The molecule has 0 aliphatic rings. The maximum atomic E-state index is 12.1. The van der Waals surface area contributed by atoms with Gasteiger partial charge in [-0.3, -0.25) is 10.1 Å². The van der Waals surface area contributed by atoms with Crippen molar-refractivity contribution in [2.45, 2.75) is 38.8 Å². The number of carbonyl (C=O) groups excluding carboxylic acids is 2. The first-order chi connectivity index (χ1) is 15.1. The second-order valence-corrected chi connectivity index (χ2v) is 8.17. The molecule has 1 atom stereocenters. The topological polar surface area (TPSA) is 136 Å². The molecule has 2 aromatic carbocycles. The van der Waals surface area contributed by atoms with Gasteiger partial charge >= 0.3 is 12.1 Å². The molecule has 1 heterocycles. The van der Waals surface area contributed by atoms with Crippen molar-refractivity contribution in [1.82, 2.24) is 15.3 Å². The summed E-state index contributed by atoms with van der Waals surface area (Å²) in [5, 5.41) is 13.5. The van der Waals surface area contributed by atoms with E-state index >= 15 is 0 Å². The van der Waals surface area contributed by atoms with E-state index < -0.39 is 28.6 Å². The molecule has 2 N–H and O–H groups in total. The minimum Gasteiger partial charge on any atom is -0.467 e. The van der Waals surface area contributed by atoms with Crippen LogP contribution in [0.4, 0.5) is 10.5 Å². The Hall–Kier alpha value is -3.95. The quantitative estimate of drug-likeness (QED) is 0.338. The number of H-pyrrole nitrogens is 1. The zero-order valence-corrected chi connectivity index (χ0v) is 18.2. The van der Waals surface area contributed by atoms with Crippen LogP contribution < -0.4 is 5.32 Å². The van der Waals surface area contributed by atoms with E-state index in [0.29, 0.717) is 16.9 Å². The number of methoxy groups -OCH3 is 1. The van der Waals surface area contributed by atoms with Crippen molar-refractivity contribution < 1.29 is 24.0 Å². The number of aromatic amines is 1. The van der Waals surface area contributed by atoms with Gasteiger partial charge in [0.05, 0.1) is 23.1 Å². The molecule has 168 valence electrons. The van der Waals surface area contributed by atoms with Crippen LogP contribution in [0.1, 0.15) is 26.3 Å². The molecule has 0 aliphatic heterocycles. The molecule has 3 rings (SSSR count). The smallest absolute Gasteiger partial charge is 0.408 e. The number of alkyl carbamates (subject to hydrolysis) is 1. The van der Waals surface area contributed by atoms with Gasteiger partial charge in [-0.05, 0) is 32.4 Å². The third-order valence-electron chi connectivity index (χ3n) is 4.52. The zero-order valence-electron chi connectivity index (χ0n) is 18.2. The summed E-state index contributed by atoms with van der Waals surface area (Å²) in [5.41, 5.74) is 2.01. The number of hydrogen-bond acceptors (Lipinski definition) is 7. The number of nitro groups is 1. The SMILES string of the molecule is COC(=O)[C@H](Cc1ccc(-c2nc3ccc([N+](=O)[O-])cc3[nH]2)cc1)NC(=O)OC(C)(C)C. The van der Waals surface area contributed by atoms with Gasteiger partial charge in [0.1, 0.15) is 17.5 Å². The van der Waals surface area contributed by atoms with Crippen molar-refractivity contribution in [1.29, 1.82) is 0 Å². The van der Waals surface area contributed by atoms with Gasteiger partial charge in [-0.15, -0.1) is 0 Å². The number of imidazole rings is 1. The Morgan fingerprint density at radius 3 is 2.47 bits per heavy atom. The van der Waals surface area contributed by atoms with Gasteiger partial charge in [-0.25, -0.2) is 14.6 Å². The molecule has 32 heavy (non-hydrogen) atoms. The third kappa shape index (κ3) is 5.60. The van der Waals surface area contributed by atoms with Crippen molar-refractivity contribution >= 4 is 28.8 Å². The fraction of sp³-hybridized carbons (Fsp3) is 0.318. The van der Waals surface area contributed by atoms with Gasteiger partial charge in [-0.1, -0.05) is 24.3 Å². The molecule has 10 heteroatoms. The molecule has 0 spiro atoms. The van der Waals surface area contributed by atoms with Gasteiger partial charge in [0, 0.05) is 24.1 Å². The molecular weight excluding hydrogens is 416 g/mol. The lowest BCUT2D eigenvalue weighted by molar-refractivity contribution is -0.384. The highest BCUT2D eigenvalue weighted by molar-refractivity contribution is 5.82. The Balaban J connectivity index is 1.76. The first-order valence-corrected chi connectivity index (χ1v) is 9.86. The van der Waals surface area contributed by atoms with E-state index in [-0.39, 0.29) is 12.1 Å². The average molecular weight is 440 g/mol. The lowest BCUT2D eigenvalue weighted by atomic mass is 10.0. The predicted molar refractivity (Wildman–Crippen MR) is 117 cm³/mol. The number of esters is 1. The van der Waals surface area contributed by atoms with Crippen LogP contribution in [0.2, 0.25) is 0 Å². The number of rotatable bonds is 6. The molecule has 0 saturated carbocycles. The van der Waals surface area contributed by atoms with Gasteiger partial charge in [0.15, 0.2) is 0 Å². The lowest BCUT2D eigenvalue weighted by Gasteiger charge is -2.22. The summed E-state index contributed by atoms with van der Waals surface area (Å²) in [6.45, 7) is 5.19. The molecule has 10 nitrogen and oxygen atoms in total. The van der Waals surface area contributed by atoms with E-state index in [1.54, 1.807) is 39.0 Å². The van der Waals surface area contributed by atoms with Crippen LogP contribution in [0.5, 0.6) is 0 Å². The number of non-ortho nitro benzene ring substituents is 1. The number of nitro benzene ring substituents is 1. The Morgan fingerprint density at radius 1 is 1.19 bits per heavy atom. The first kappa shape index (κ1) is 22.7. The number of fused-ring (bicyclic) bond motifs is 1. The number of nitrogens with one attached hydrogen (secondary N) is 2. The minimum atomic E-state index is -0.910. The summed E-state index contributed by atoms with van der Waals surface area (Å²) in [7, 11) is 1.25. The van der Waals surface area contributed by atoms with Crippen molar-refractivity contribution in [2.75, 3.05) is 7.11 Å². The van der Waals surface area contributed by atoms with Crippen LogP contribution in [0, 0.1) is 10.1 Å². The molecule has 0 saturated heterocycles. The monoisotopic (exact) mass is 440 g/mol. The Kier molecular flexibility index (Phi) is 6.42. The number of aromatic nitrogens is 2. The molecule has 0 aliphatic carbocycles. The second-order valence-electron chi connectivity index (χ2n) is 8.17. The van der Waals surface area contributed by atoms with E-state index in [9.17, 15) is 19.7 Å². The van der Waals surface area contributed by atoms with E-state index in [4.69, 9.17) is 9.47 Å². The van der Waals surface area contributed by atoms with Crippen LogP contribution >= 0.6 is 0 Å². The van der Waals surface area contributed by atoms with Gasteiger partial charge < -0.3 is 19.8 Å². The number of hydrogen-bond donors (Lipinski definition) is 2. The van der Waals surface area contributed by atoms with Gasteiger partial charge in [0.25, 0.3) is 5.69 Å². The molecule has 1 aromatic heterocycles. The van der Waals surface area contributed by atoms with E-state index in [1.165, 1.54) is 19.2 Å². The van der Waals surface area contributed by atoms with Crippen LogP contribution in [0.15, 0.2) is 42.5 Å². The van der Waals surface area contributed by atoms with Gasteiger partial charge in [-0.2, -0.15) is 0 Å². The number of nitrogens with zero attached hydrogens (tertiary/aromatic N) is 2. The third-order valence-corrected chi connectivity index (χ3v) is 4.52. The maximum Gasteiger partial charge on any atom is 0.408 e. The fourth-order valence-corrected chi connectivity index (χ4v) is 3.07. The number of amides is 1. The zero-order chi connectivity index (χ0) is 23.5. The van der Waals surface area contributed by atoms with Crippen LogP contribution in [0.25, 0.3) is 22.4 Å². The highest BCUT2D eigenvalue weighted by Crippen LogP contribution is 2.24. The second kappa shape index (κ2) is 9.04. The van der Waals surface area contributed by atoms with E-state index in [0.717, 1.165) is 11.1 Å². The minimum absolute atomic E-state index is 0.0191. The van der Waals surface area contributed by atoms with Crippen molar-refractivity contribution in [3.05, 3.63) is 58.1 Å². The van der Waals surface area contributed by atoms with Crippen molar-refractivity contribution in [3.63, 3.8) is 0 Å². The summed E-state index contributed by atoms with van der Waals surface area (Å²) in [6, 6.07) is 10.7. The molecule has 1 amide bonds. The van der Waals surface area contributed by atoms with E-state index in [1.807, 2.05) is 12.1 Å². The Bertz CT molecular complexity index is 1150. The van der Waals surface area contributed by atoms with Gasteiger partial charge in [0.2, 0.25) is 0 Å². The number of ether oxygens (including phenoxy) is 2. The molecule has 0 fully saturated rings. The van der Waals surface area contributed by atoms with Crippen molar-refractivity contribution in [2.24, 2.45) is 0 Å². The molecule has 0 radical (unpaired) electrons. The summed E-state index contributed by atoms with van der Waals surface area (Å²) in [4.78, 5) is 42.2. The summed E-state index contributed by atoms with van der Waals surface area (Å²) in [5.74, 6) is -0.0257. The Labute approximate surface area is 184 Å². The average Bonchev–Trinajstić information content (AvgIpc) is 3.15. The predicted octanol–water partition coefficient (Wildman–Crippen LogP) is 3.75. The highest BCUT2D eigenvalue weighted by atomic mass is 16.6. The first-order valence-electron chi connectivity index (χ1n) is 9.86. The number of benzene rings is 2. The van der Waals surface area contributed by atoms with Crippen LogP contribution in [-0.2, 0) is 20.7 Å². The van der Waals surface area contributed by atoms with E-state index in [2.05, 4.69) is 15.3 Å².